The van der Waals surface area contributed by atoms with Crippen molar-refractivity contribution in [3.63, 3.8) is 0 Å². The topological polar surface area (TPSA) is 51.2 Å². The first-order valence-electron chi connectivity index (χ1n) is 8.03. The largest absolute Gasteiger partial charge is 0.490 e. The minimum absolute atomic E-state index is 0.300. The van der Waals surface area contributed by atoms with Crippen LogP contribution >= 0.6 is 0 Å². The van der Waals surface area contributed by atoms with Crippen LogP contribution in [0.4, 0.5) is 0 Å². The van der Waals surface area contributed by atoms with Gasteiger partial charge in [0.15, 0.2) is 0 Å². The summed E-state index contributed by atoms with van der Waals surface area (Å²) in [4.78, 5) is 15.3. The van der Waals surface area contributed by atoms with Gasteiger partial charge in [0.1, 0.15) is 18.1 Å². The van der Waals surface area contributed by atoms with E-state index < -0.39 is 0 Å². The number of ketones is 1. The van der Waals surface area contributed by atoms with Crippen LogP contribution in [0.25, 0.3) is 0 Å². The number of hydrogen-bond acceptors (Lipinski definition) is 4. The smallest absolute Gasteiger partial charge is 0.137 e. The van der Waals surface area contributed by atoms with Gasteiger partial charge in [0.2, 0.25) is 0 Å². The number of Topliss-reactive ketones (excluding diaryl/α,β-unsaturated/α-hetero) is 1. The van der Waals surface area contributed by atoms with Gasteiger partial charge in [-0.2, -0.15) is 0 Å². The molecule has 4 nitrogen and oxygen atoms in total. The van der Waals surface area contributed by atoms with E-state index in [0.29, 0.717) is 17.7 Å². The van der Waals surface area contributed by atoms with Crippen molar-refractivity contribution in [2.24, 2.45) is 5.92 Å². The first kappa shape index (κ1) is 14.5. The van der Waals surface area contributed by atoms with Crippen LogP contribution in [-0.4, -0.2) is 30.0 Å². The Labute approximate surface area is 126 Å². The highest BCUT2D eigenvalue weighted by molar-refractivity contribution is 5.75. The van der Waals surface area contributed by atoms with Crippen molar-refractivity contribution in [1.29, 1.82) is 0 Å². The Balaban J connectivity index is 1.46. The SMILES string of the molecule is CC(=O)CCC[C@H]1CC1c1cncc(OC[C@@H]2CCN2)c1. The minimum Gasteiger partial charge on any atom is -0.490 e. The van der Waals surface area contributed by atoms with E-state index in [0.717, 1.165) is 44.1 Å². The normalized spacial score (nSPS) is 27.0. The van der Waals surface area contributed by atoms with Gasteiger partial charge in [-0.15, -0.1) is 0 Å². The average Bonchev–Trinajstić information content (AvgIpc) is 3.16. The summed E-state index contributed by atoms with van der Waals surface area (Å²) in [5.74, 6) is 2.54. The number of carbonyl (C=O) groups is 1. The molecule has 4 heteroatoms. The van der Waals surface area contributed by atoms with Gasteiger partial charge >= 0.3 is 0 Å². The summed E-state index contributed by atoms with van der Waals surface area (Å²) in [5.41, 5.74) is 1.29. The molecule has 0 amide bonds. The Hall–Kier alpha value is -1.42. The van der Waals surface area contributed by atoms with E-state index in [1.165, 1.54) is 18.4 Å². The summed E-state index contributed by atoms with van der Waals surface area (Å²) in [6.07, 6.45) is 9.09. The van der Waals surface area contributed by atoms with Gasteiger partial charge in [-0.3, -0.25) is 4.98 Å². The van der Waals surface area contributed by atoms with Gasteiger partial charge in [-0.1, -0.05) is 0 Å². The number of ether oxygens (including phenoxy) is 1. The standard InChI is InChI=1S/C17H24N2O2/c1-12(20)3-2-4-13-8-17(13)14-7-16(10-18-9-14)21-11-15-5-6-19-15/h7,9-10,13,15,17,19H,2-6,8,11H2,1H3/t13-,15-,17?/m0/s1. The van der Waals surface area contributed by atoms with Crippen LogP contribution in [0.2, 0.25) is 0 Å². The molecule has 2 heterocycles. The van der Waals surface area contributed by atoms with Gasteiger partial charge in [0.25, 0.3) is 0 Å². The van der Waals surface area contributed by atoms with Crippen molar-refractivity contribution in [2.45, 2.75) is 51.0 Å². The maximum absolute atomic E-state index is 11.0. The number of rotatable bonds is 8. The second kappa shape index (κ2) is 6.56. The highest BCUT2D eigenvalue weighted by Crippen LogP contribution is 2.50. The third-order valence-corrected chi connectivity index (χ3v) is 4.57. The molecule has 1 saturated heterocycles. The molecule has 1 N–H and O–H groups in total. The van der Waals surface area contributed by atoms with Crippen LogP contribution < -0.4 is 10.1 Å². The molecule has 0 spiro atoms. The molecule has 2 fully saturated rings. The number of nitrogens with zero attached hydrogens (tertiary/aromatic N) is 1. The van der Waals surface area contributed by atoms with E-state index in [1.807, 2.05) is 6.20 Å². The van der Waals surface area contributed by atoms with Gasteiger partial charge in [0, 0.05) is 18.7 Å². The number of hydrogen-bond donors (Lipinski definition) is 1. The van der Waals surface area contributed by atoms with Crippen LogP contribution in [0.3, 0.4) is 0 Å². The van der Waals surface area contributed by atoms with Crippen LogP contribution in [0.1, 0.15) is 50.5 Å². The van der Waals surface area contributed by atoms with Crippen molar-refractivity contribution >= 4 is 5.78 Å². The Bertz CT molecular complexity index is 499. The van der Waals surface area contributed by atoms with E-state index >= 15 is 0 Å². The summed E-state index contributed by atoms with van der Waals surface area (Å²) in [7, 11) is 0. The first-order chi connectivity index (χ1) is 10.2. The Morgan fingerprint density at radius 3 is 3.05 bits per heavy atom. The Morgan fingerprint density at radius 2 is 2.33 bits per heavy atom. The number of aromatic nitrogens is 1. The fraction of sp³-hybridized carbons (Fsp3) is 0.647. The lowest BCUT2D eigenvalue weighted by Gasteiger charge is -2.27. The summed E-state index contributed by atoms with van der Waals surface area (Å²) in [5, 5.41) is 3.33. The number of pyridine rings is 1. The molecule has 1 aliphatic carbocycles. The molecular weight excluding hydrogens is 264 g/mol. The summed E-state index contributed by atoms with van der Waals surface area (Å²) < 4.78 is 5.81. The zero-order chi connectivity index (χ0) is 14.7. The molecule has 0 radical (unpaired) electrons. The van der Waals surface area contributed by atoms with E-state index in [-0.39, 0.29) is 0 Å². The predicted molar refractivity (Wildman–Crippen MR) is 81.5 cm³/mol. The second-order valence-electron chi connectivity index (χ2n) is 6.40. The lowest BCUT2D eigenvalue weighted by molar-refractivity contribution is -0.117. The van der Waals surface area contributed by atoms with E-state index in [4.69, 9.17) is 4.74 Å². The van der Waals surface area contributed by atoms with Crippen molar-refractivity contribution in [3.05, 3.63) is 24.0 Å². The Kier molecular flexibility index (Phi) is 4.54. The second-order valence-corrected chi connectivity index (χ2v) is 6.40. The van der Waals surface area contributed by atoms with Gasteiger partial charge in [-0.25, -0.2) is 0 Å². The highest BCUT2D eigenvalue weighted by atomic mass is 16.5. The number of nitrogens with one attached hydrogen (secondary N) is 1. The third kappa shape index (κ3) is 4.03. The average molecular weight is 288 g/mol. The monoisotopic (exact) mass is 288 g/mol. The molecule has 0 bridgehead atoms. The van der Waals surface area contributed by atoms with Crippen LogP contribution in [0.15, 0.2) is 18.5 Å². The van der Waals surface area contributed by atoms with E-state index in [2.05, 4.69) is 16.4 Å². The van der Waals surface area contributed by atoms with E-state index in [9.17, 15) is 4.79 Å². The number of carbonyl (C=O) groups excluding carboxylic acids is 1. The zero-order valence-electron chi connectivity index (χ0n) is 12.7. The molecule has 1 unspecified atom stereocenters. The lowest BCUT2D eigenvalue weighted by atomic mass is 10.1. The lowest BCUT2D eigenvalue weighted by Crippen LogP contribution is -2.46. The van der Waals surface area contributed by atoms with Crippen molar-refractivity contribution < 1.29 is 9.53 Å². The summed E-state index contributed by atoms with van der Waals surface area (Å²) in [6, 6.07) is 2.65. The molecule has 1 saturated carbocycles. The Morgan fingerprint density at radius 1 is 1.48 bits per heavy atom. The quantitative estimate of drug-likeness (QED) is 0.799. The van der Waals surface area contributed by atoms with Gasteiger partial charge < -0.3 is 14.8 Å². The van der Waals surface area contributed by atoms with E-state index in [1.54, 1.807) is 13.1 Å². The highest BCUT2D eigenvalue weighted by Gasteiger charge is 2.37. The molecule has 1 aromatic heterocycles. The van der Waals surface area contributed by atoms with Crippen molar-refractivity contribution in [1.82, 2.24) is 10.3 Å². The zero-order valence-corrected chi connectivity index (χ0v) is 12.7. The molecule has 3 atom stereocenters. The van der Waals surface area contributed by atoms with Crippen molar-refractivity contribution in [2.75, 3.05) is 13.2 Å². The van der Waals surface area contributed by atoms with Crippen molar-refractivity contribution in [3.8, 4) is 5.75 Å². The maximum atomic E-state index is 11.0. The van der Waals surface area contributed by atoms with Crippen LogP contribution in [-0.2, 0) is 4.79 Å². The molecule has 1 aromatic rings. The first-order valence-corrected chi connectivity index (χ1v) is 8.03. The fourth-order valence-corrected chi connectivity index (χ4v) is 2.99. The molecule has 0 aromatic carbocycles. The minimum atomic E-state index is 0.300. The van der Waals surface area contributed by atoms with Crippen LogP contribution in [0.5, 0.6) is 5.75 Å². The molecule has 1 aliphatic heterocycles. The summed E-state index contributed by atoms with van der Waals surface area (Å²) in [6.45, 7) is 3.51. The third-order valence-electron chi connectivity index (χ3n) is 4.57. The van der Waals surface area contributed by atoms with Crippen LogP contribution in [0, 0.1) is 5.92 Å². The molecule has 114 valence electrons. The fourth-order valence-electron chi connectivity index (χ4n) is 2.99. The van der Waals surface area contributed by atoms with Gasteiger partial charge in [0.05, 0.1) is 6.20 Å². The maximum Gasteiger partial charge on any atom is 0.137 e. The summed E-state index contributed by atoms with van der Waals surface area (Å²) >= 11 is 0. The van der Waals surface area contributed by atoms with Gasteiger partial charge in [-0.05, 0) is 62.6 Å². The molecular formula is C17H24N2O2. The molecule has 2 aliphatic rings. The predicted octanol–water partition coefficient (Wildman–Crippen LogP) is 2.69. The molecule has 3 rings (SSSR count). The molecule has 21 heavy (non-hydrogen) atoms.